The molecule has 0 aromatic heterocycles. The van der Waals surface area contributed by atoms with E-state index in [4.69, 9.17) is 4.74 Å². The summed E-state index contributed by atoms with van der Waals surface area (Å²) in [4.78, 5) is 0. The Morgan fingerprint density at radius 2 is 2.38 bits per heavy atom. The summed E-state index contributed by atoms with van der Waals surface area (Å²) in [5.74, 6) is 0. The molecule has 0 aliphatic carbocycles. The first-order valence-corrected chi connectivity index (χ1v) is 3.34. The Morgan fingerprint density at radius 3 is 2.75 bits per heavy atom. The van der Waals surface area contributed by atoms with Crippen LogP contribution in [0.15, 0.2) is 0 Å². The van der Waals surface area contributed by atoms with Gasteiger partial charge in [-0.05, 0) is 12.8 Å². The van der Waals surface area contributed by atoms with E-state index in [2.05, 4.69) is 6.92 Å². The summed E-state index contributed by atoms with van der Waals surface area (Å²) in [6, 6.07) is 0. The van der Waals surface area contributed by atoms with Gasteiger partial charge >= 0.3 is 0 Å². The summed E-state index contributed by atoms with van der Waals surface area (Å²) in [7, 11) is 0. The average molecular weight is 113 g/mol. The first kappa shape index (κ1) is 6.09. The second-order valence-corrected chi connectivity index (χ2v) is 2.28. The predicted octanol–water partition coefficient (Wildman–Crippen LogP) is 1.78. The van der Waals surface area contributed by atoms with Crippen LogP contribution in [0.3, 0.4) is 0 Å². The normalized spacial score (nSPS) is 27.4. The lowest BCUT2D eigenvalue weighted by Gasteiger charge is -2.25. The SMILES string of the molecule is [CH2]CCCC1CCO1. The molecule has 0 N–H and O–H groups in total. The zero-order valence-electron chi connectivity index (χ0n) is 5.23. The van der Waals surface area contributed by atoms with Crippen LogP contribution < -0.4 is 0 Å². The van der Waals surface area contributed by atoms with E-state index >= 15 is 0 Å². The number of ether oxygens (including phenoxy) is 1. The van der Waals surface area contributed by atoms with E-state index in [1.54, 1.807) is 0 Å². The summed E-state index contributed by atoms with van der Waals surface area (Å²) < 4.78 is 5.20. The summed E-state index contributed by atoms with van der Waals surface area (Å²) in [5, 5.41) is 0. The molecule has 1 nitrogen and oxygen atoms in total. The Hall–Kier alpha value is -0.0400. The van der Waals surface area contributed by atoms with Crippen LogP contribution in [0.25, 0.3) is 0 Å². The minimum Gasteiger partial charge on any atom is -0.378 e. The molecule has 1 saturated heterocycles. The molecule has 1 aliphatic rings. The summed E-state index contributed by atoms with van der Waals surface area (Å²) >= 11 is 0. The van der Waals surface area contributed by atoms with Gasteiger partial charge in [-0.25, -0.2) is 0 Å². The van der Waals surface area contributed by atoms with E-state index in [9.17, 15) is 0 Å². The topological polar surface area (TPSA) is 9.23 Å². The first-order valence-electron chi connectivity index (χ1n) is 3.34. The molecular weight excluding hydrogens is 100 g/mol. The molecule has 8 heavy (non-hydrogen) atoms. The van der Waals surface area contributed by atoms with E-state index in [-0.39, 0.29) is 0 Å². The van der Waals surface area contributed by atoms with Crippen LogP contribution in [0.5, 0.6) is 0 Å². The van der Waals surface area contributed by atoms with Gasteiger partial charge in [0.15, 0.2) is 0 Å². The van der Waals surface area contributed by atoms with Crippen LogP contribution >= 0.6 is 0 Å². The minimum absolute atomic E-state index is 0.594. The van der Waals surface area contributed by atoms with Crippen molar-refractivity contribution in [1.29, 1.82) is 0 Å². The van der Waals surface area contributed by atoms with Crippen LogP contribution in [-0.2, 0) is 4.74 Å². The molecule has 1 heteroatoms. The van der Waals surface area contributed by atoms with Crippen molar-refractivity contribution in [1.82, 2.24) is 0 Å². The molecule has 0 aromatic rings. The molecule has 1 atom stereocenters. The lowest BCUT2D eigenvalue weighted by molar-refractivity contribution is -0.0552. The van der Waals surface area contributed by atoms with E-state index in [0.717, 1.165) is 13.0 Å². The maximum atomic E-state index is 5.20. The van der Waals surface area contributed by atoms with Gasteiger partial charge in [0.1, 0.15) is 0 Å². The highest BCUT2D eigenvalue weighted by atomic mass is 16.5. The number of unbranched alkanes of at least 4 members (excludes halogenated alkanes) is 1. The van der Waals surface area contributed by atoms with E-state index in [1.807, 2.05) is 0 Å². The monoisotopic (exact) mass is 113 g/mol. The third-order valence-electron chi connectivity index (χ3n) is 1.57. The zero-order chi connectivity index (χ0) is 5.82. The highest BCUT2D eigenvalue weighted by Gasteiger charge is 2.16. The lowest BCUT2D eigenvalue weighted by Crippen LogP contribution is -2.26. The second kappa shape index (κ2) is 3.08. The second-order valence-electron chi connectivity index (χ2n) is 2.28. The van der Waals surface area contributed by atoms with Gasteiger partial charge in [0, 0.05) is 6.61 Å². The van der Waals surface area contributed by atoms with Gasteiger partial charge in [0.25, 0.3) is 0 Å². The van der Waals surface area contributed by atoms with Gasteiger partial charge in [-0.15, -0.1) is 0 Å². The average Bonchev–Trinajstić information content (AvgIpc) is 1.63. The van der Waals surface area contributed by atoms with Crippen molar-refractivity contribution in [2.45, 2.75) is 31.8 Å². The number of rotatable bonds is 3. The Labute approximate surface area is 51.0 Å². The Kier molecular flexibility index (Phi) is 2.34. The highest BCUT2D eigenvalue weighted by Crippen LogP contribution is 2.16. The van der Waals surface area contributed by atoms with Gasteiger partial charge in [-0.2, -0.15) is 0 Å². The Morgan fingerprint density at radius 1 is 1.62 bits per heavy atom. The number of hydrogen-bond acceptors (Lipinski definition) is 1. The zero-order valence-corrected chi connectivity index (χ0v) is 5.23. The quantitative estimate of drug-likeness (QED) is 0.542. The molecule has 47 valence electrons. The van der Waals surface area contributed by atoms with Crippen LogP contribution in [0.2, 0.25) is 0 Å². The van der Waals surface area contributed by atoms with Crippen LogP contribution in [0, 0.1) is 6.92 Å². The molecule has 1 unspecified atom stereocenters. The molecular formula is C7H13O. The molecule has 1 rings (SSSR count). The minimum atomic E-state index is 0.594. The summed E-state index contributed by atoms with van der Waals surface area (Å²) in [6.07, 6.45) is 5.38. The van der Waals surface area contributed by atoms with Crippen molar-refractivity contribution in [3.8, 4) is 0 Å². The molecule has 1 aliphatic heterocycles. The fraction of sp³-hybridized carbons (Fsp3) is 0.857. The maximum Gasteiger partial charge on any atom is 0.0597 e. The van der Waals surface area contributed by atoms with E-state index < -0.39 is 0 Å². The fourth-order valence-electron chi connectivity index (χ4n) is 0.884. The van der Waals surface area contributed by atoms with Crippen molar-refractivity contribution in [3.05, 3.63) is 6.92 Å². The van der Waals surface area contributed by atoms with Gasteiger partial charge in [0.05, 0.1) is 6.10 Å². The maximum absolute atomic E-state index is 5.20. The largest absolute Gasteiger partial charge is 0.378 e. The molecule has 0 spiro atoms. The van der Waals surface area contributed by atoms with Gasteiger partial charge in [0.2, 0.25) is 0 Å². The molecule has 1 radical (unpaired) electrons. The van der Waals surface area contributed by atoms with Crippen LogP contribution in [0.4, 0.5) is 0 Å². The molecule has 0 saturated carbocycles. The Bertz CT molecular complexity index is 57.4. The Balaban J connectivity index is 1.86. The van der Waals surface area contributed by atoms with E-state index in [1.165, 1.54) is 19.3 Å². The predicted molar refractivity (Wildman–Crippen MR) is 33.6 cm³/mol. The fourth-order valence-corrected chi connectivity index (χ4v) is 0.884. The highest BCUT2D eigenvalue weighted by molar-refractivity contribution is 4.65. The molecule has 1 fully saturated rings. The van der Waals surface area contributed by atoms with Crippen molar-refractivity contribution < 1.29 is 4.74 Å². The standard InChI is InChI=1S/C7H13O/c1-2-3-4-7-5-6-8-7/h7H,1-6H2. The van der Waals surface area contributed by atoms with Crippen molar-refractivity contribution in [2.75, 3.05) is 6.61 Å². The molecule has 1 heterocycles. The third-order valence-corrected chi connectivity index (χ3v) is 1.57. The third kappa shape index (κ3) is 1.48. The lowest BCUT2D eigenvalue weighted by atomic mass is 10.1. The summed E-state index contributed by atoms with van der Waals surface area (Å²) in [5.41, 5.74) is 0. The van der Waals surface area contributed by atoms with Gasteiger partial charge in [-0.3, -0.25) is 0 Å². The van der Waals surface area contributed by atoms with Crippen molar-refractivity contribution in [3.63, 3.8) is 0 Å². The van der Waals surface area contributed by atoms with Crippen LogP contribution in [-0.4, -0.2) is 12.7 Å². The van der Waals surface area contributed by atoms with Gasteiger partial charge in [-0.1, -0.05) is 19.8 Å². The molecule has 0 bridgehead atoms. The van der Waals surface area contributed by atoms with Crippen molar-refractivity contribution in [2.24, 2.45) is 0 Å². The number of hydrogen-bond donors (Lipinski definition) is 0. The van der Waals surface area contributed by atoms with E-state index in [0.29, 0.717) is 6.10 Å². The molecule has 0 aromatic carbocycles. The van der Waals surface area contributed by atoms with Gasteiger partial charge < -0.3 is 4.74 Å². The smallest absolute Gasteiger partial charge is 0.0597 e. The van der Waals surface area contributed by atoms with Crippen LogP contribution in [0.1, 0.15) is 25.7 Å². The summed E-state index contributed by atoms with van der Waals surface area (Å²) in [6.45, 7) is 4.75. The van der Waals surface area contributed by atoms with Crippen molar-refractivity contribution >= 4 is 0 Å². The first-order chi connectivity index (χ1) is 3.93. The molecule has 0 amide bonds.